The van der Waals surface area contributed by atoms with Crippen LogP contribution in [0.4, 0.5) is 0 Å². The Bertz CT molecular complexity index is 520. The first kappa shape index (κ1) is 14.5. The van der Waals surface area contributed by atoms with Crippen molar-refractivity contribution in [3.8, 4) is 11.6 Å². The standard InChI is InChI=1S/C16H21N3O/c1-4-13-5-8-15(9-6-13)20-16-10-7-14(18-19-16)11-17-12(2)3/h5-10,12,17H,4,11H2,1-3H3. The minimum atomic E-state index is 0.435. The fourth-order valence-corrected chi connectivity index (χ4v) is 1.72. The lowest BCUT2D eigenvalue weighted by Crippen LogP contribution is -2.22. The number of rotatable bonds is 6. The molecule has 2 rings (SSSR count). The van der Waals surface area contributed by atoms with Gasteiger partial charge in [0.2, 0.25) is 5.88 Å². The van der Waals surface area contributed by atoms with Crippen molar-refractivity contribution >= 4 is 0 Å². The summed E-state index contributed by atoms with van der Waals surface area (Å²) in [5.74, 6) is 1.30. The van der Waals surface area contributed by atoms with Gasteiger partial charge in [-0.1, -0.05) is 32.9 Å². The van der Waals surface area contributed by atoms with Crippen molar-refractivity contribution in [2.24, 2.45) is 0 Å². The van der Waals surface area contributed by atoms with Crippen LogP contribution in [-0.4, -0.2) is 16.2 Å². The zero-order chi connectivity index (χ0) is 14.4. The van der Waals surface area contributed by atoms with Crippen LogP contribution in [0.25, 0.3) is 0 Å². The maximum absolute atomic E-state index is 5.66. The smallest absolute Gasteiger partial charge is 0.238 e. The van der Waals surface area contributed by atoms with Crippen LogP contribution < -0.4 is 10.1 Å². The van der Waals surface area contributed by atoms with E-state index in [1.54, 1.807) is 0 Å². The molecular weight excluding hydrogens is 250 g/mol. The van der Waals surface area contributed by atoms with E-state index < -0.39 is 0 Å². The van der Waals surface area contributed by atoms with Crippen LogP contribution in [0.2, 0.25) is 0 Å². The lowest BCUT2D eigenvalue weighted by Gasteiger charge is -2.08. The van der Waals surface area contributed by atoms with Crippen molar-refractivity contribution in [2.75, 3.05) is 0 Å². The van der Waals surface area contributed by atoms with E-state index in [4.69, 9.17) is 4.74 Å². The second kappa shape index (κ2) is 7.01. The molecule has 0 saturated heterocycles. The van der Waals surface area contributed by atoms with Crippen molar-refractivity contribution < 1.29 is 4.74 Å². The molecule has 1 aromatic heterocycles. The Balaban J connectivity index is 1.95. The summed E-state index contributed by atoms with van der Waals surface area (Å²) in [6.45, 7) is 7.05. The van der Waals surface area contributed by atoms with E-state index in [1.807, 2.05) is 24.3 Å². The average molecular weight is 271 g/mol. The SMILES string of the molecule is CCc1ccc(Oc2ccc(CNC(C)C)nn2)cc1. The van der Waals surface area contributed by atoms with Gasteiger partial charge in [-0.25, -0.2) is 0 Å². The molecule has 4 nitrogen and oxygen atoms in total. The van der Waals surface area contributed by atoms with Crippen LogP contribution in [0.15, 0.2) is 36.4 Å². The molecule has 106 valence electrons. The third kappa shape index (κ3) is 4.31. The van der Waals surface area contributed by atoms with Crippen LogP contribution in [0, 0.1) is 0 Å². The van der Waals surface area contributed by atoms with E-state index in [0.717, 1.165) is 24.4 Å². The van der Waals surface area contributed by atoms with E-state index in [1.165, 1.54) is 5.56 Å². The Hall–Kier alpha value is -1.94. The molecule has 0 fully saturated rings. The first-order valence-corrected chi connectivity index (χ1v) is 7.00. The van der Waals surface area contributed by atoms with Gasteiger partial charge < -0.3 is 10.1 Å². The second-order valence-corrected chi connectivity index (χ2v) is 5.00. The number of benzene rings is 1. The molecule has 1 N–H and O–H groups in total. The van der Waals surface area contributed by atoms with Gasteiger partial charge in [-0.2, -0.15) is 5.10 Å². The first-order valence-electron chi connectivity index (χ1n) is 7.00. The molecule has 0 saturated carbocycles. The molecule has 0 radical (unpaired) electrons. The minimum absolute atomic E-state index is 0.435. The molecule has 0 aliphatic rings. The maximum atomic E-state index is 5.66. The summed E-state index contributed by atoms with van der Waals surface area (Å²) in [5.41, 5.74) is 2.20. The molecule has 20 heavy (non-hydrogen) atoms. The topological polar surface area (TPSA) is 47.0 Å². The highest BCUT2D eigenvalue weighted by Crippen LogP contribution is 2.19. The number of hydrogen-bond donors (Lipinski definition) is 1. The predicted molar refractivity (Wildman–Crippen MR) is 79.9 cm³/mol. The normalized spacial score (nSPS) is 10.8. The largest absolute Gasteiger partial charge is 0.438 e. The van der Waals surface area contributed by atoms with Crippen LogP contribution in [0.5, 0.6) is 11.6 Å². The molecule has 2 aromatic rings. The zero-order valence-electron chi connectivity index (χ0n) is 12.3. The number of hydrogen-bond acceptors (Lipinski definition) is 4. The summed E-state index contributed by atoms with van der Waals surface area (Å²) < 4.78 is 5.66. The van der Waals surface area contributed by atoms with Crippen molar-refractivity contribution in [2.45, 2.75) is 39.8 Å². The number of nitrogens with one attached hydrogen (secondary N) is 1. The van der Waals surface area contributed by atoms with E-state index >= 15 is 0 Å². The summed E-state index contributed by atoms with van der Waals surface area (Å²) in [6, 6.07) is 12.2. The summed E-state index contributed by atoms with van der Waals surface area (Å²) >= 11 is 0. The molecule has 0 amide bonds. The summed E-state index contributed by atoms with van der Waals surface area (Å²) in [6.07, 6.45) is 1.03. The third-order valence-electron chi connectivity index (χ3n) is 2.94. The lowest BCUT2D eigenvalue weighted by atomic mass is 10.2. The molecule has 0 spiro atoms. The highest BCUT2D eigenvalue weighted by molar-refractivity contribution is 5.30. The van der Waals surface area contributed by atoms with Gasteiger partial charge in [0.1, 0.15) is 5.75 Å². The fourth-order valence-electron chi connectivity index (χ4n) is 1.72. The van der Waals surface area contributed by atoms with Crippen LogP contribution in [-0.2, 0) is 13.0 Å². The fraction of sp³-hybridized carbons (Fsp3) is 0.375. The van der Waals surface area contributed by atoms with Gasteiger partial charge in [-0.3, -0.25) is 0 Å². The molecule has 1 aromatic carbocycles. The minimum Gasteiger partial charge on any atom is -0.438 e. The molecule has 0 atom stereocenters. The third-order valence-corrected chi connectivity index (χ3v) is 2.94. The molecule has 0 aliphatic carbocycles. The van der Waals surface area contributed by atoms with Crippen LogP contribution in [0.1, 0.15) is 32.0 Å². The first-order chi connectivity index (χ1) is 9.67. The molecule has 4 heteroatoms. The molecular formula is C16H21N3O. The van der Waals surface area contributed by atoms with Crippen LogP contribution >= 0.6 is 0 Å². The van der Waals surface area contributed by atoms with Gasteiger partial charge >= 0.3 is 0 Å². The number of aryl methyl sites for hydroxylation is 1. The Morgan fingerprint density at radius 2 is 1.80 bits per heavy atom. The van der Waals surface area contributed by atoms with Crippen molar-refractivity contribution in [3.63, 3.8) is 0 Å². The van der Waals surface area contributed by atoms with Gasteiger partial charge in [-0.15, -0.1) is 5.10 Å². The highest BCUT2D eigenvalue weighted by Gasteiger charge is 2.02. The Morgan fingerprint density at radius 1 is 1.05 bits per heavy atom. The highest BCUT2D eigenvalue weighted by atomic mass is 16.5. The van der Waals surface area contributed by atoms with Gasteiger partial charge in [0, 0.05) is 18.7 Å². The Kier molecular flexibility index (Phi) is 5.07. The molecule has 1 heterocycles. The molecule has 0 unspecified atom stereocenters. The monoisotopic (exact) mass is 271 g/mol. The average Bonchev–Trinajstić information content (AvgIpc) is 2.47. The van der Waals surface area contributed by atoms with Crippen molar-refractivity contribution in [1.29, 1.82) is 0 Å². The van der Waals surface area contributed by atoms with E-state index in [-0.39, 0.29) is 0 Å². The Morgan fingerprint density at radius 3 is 2.35 bits per heavy atom. The van der Waals surface area contributed by atoms with Crippen molar-refractivity contribution in [3.05, 3.63) is 47.7 Å². The van der Waals surface area contributed by atoms with Crippen molar-refractivity contribution in [1.82, 2.24) is 15.5 Å². The van der Waals surface area contributed by atoms with Gasteiger partial charge in [-0.05, 0) is 30.2 Å². The zero-order valence-corrected chi connectivity index (χ0v) is 12.3. The van der Waals surface area contributed by atoms with Gasteiger partial charge in [0.05, 0.1) is 5.69 Å². The number of ether oxygens (including phenoxy) is 1. The van der Waals surface area contributed by atoms with E-state index in [2.05, 4.69) is 48.4 Å². The predicted octanol–water partition coefficient (Wildman–Crippen LogP) is 3.33. The summed E-state index contributed by atoms with van der Waals surface area (Å²) in [7, 11) is 0. The quantitative estimate of drug-likeness (QED) is 0.875. The summed E-state index contributed by atoms with van der Waals surface area (Å²) in [5, 5.41) is 11.5. The lowest BCUT2D eigenvalue weighted by molar-refractivity contribution is 0.452. The maximum Gasteiger partial charge on any atom is 0.238 e. The number of aromatic nitrogens is 2. The summed E-state index contributed by atoms with van der Waals surface area (Å²) in [4.78, 5) is 0. The van der Waals surface area contributed by atoms with Gasteiger partial charge in [0.15, 0.2) is 0 Å². The molecule has 0 bridgehead atoms. The van der Waals surface area contributed by atoms with E-state index in [9.17, 15) is 0 Å². The second-order valence-electron chi connectivity index (χ2n) is 5.00. The van der Waals surface area contributed by atoms with E-state index in [0.29, 0.717) is 11.9 Å². The molecule has 0 aliphatic heterocycles. The van der Waals surface area contributed by atoms with Crippen LogP contribution in [0.3, 0.4) is 0 Å². The van der Waals surface area contributed by atoms with Gasteiger partial charge in [0.25, 0.3) is 0 Å². The Labute approximate surface area is 120 Å². The number of nitrogens with zero attached hydrogens (tertiary/aromatic N) is 2.